The molecule has 3 nitrogen and oxygen atoms in total. The number of Topliss-reactive ketones (excluding diaryl/α,β-unsaturated/α-hetero) is 1. The fourth-order valence-electron chi connectivity index (χ4n) is 18.9. The summed E-state index contributed by atoms with van der Waals surface area (Å²) in [5.74, 6) is 0.659. The van der Waals surface area contributed by atoms with Gasteiger partial charge in [-0.15, -0.1) is 0 Å². The van der Waals surface area contributed by atoms with Crippen LogP contribution in [0.15, 0.2) is 0 Å². The van der Waals surface area contributed by atoms with Crippen molar-refractivity contribution < 1.29 is 20.8 Å². The van der Waals surface area contributed by atoms with Gasteiger partial charge in [0.1, 0.15) is 0 Å². The van der Waals surface area contributed by atoms with Crippen molar-refractivity contribution in [1.29, 1.82) is 0 Å². The molecule has 108 valence electrons. The number of esters is 1. The Morgan fingerprint density at radius 3 is 1.95 bits per heavy atom. The third-order valence-electron chi connectivity index (χ3n) is 16.4. The molecule has 0 aromatic rings. The van der Waals surface area contributed by atoms with Crippen LogP contribution < -0.4 is 0 Å². The van der Waals surface area contributed by atoms with Crippen molar-refractivity contribution in [2.24, 2.45) is 0 Å². The third kappa shape index (κ3) is 0.0853. The molecule has 8 unspecified atom stereocenters. The molecule has 0 aromatic carbocycles. The van der Waals surface area contributed by atoms with Gasteiger partial charge in [0.15, 0.2) is 0 Å². The quantitative estimate of drug-likeness (QED) is 0.587. The molecule has 10 aliphatic rings. The average Bonchev–Trinajstić information content (AvgIpc) is 3.33. The van der Waals surface area contributed by atoms with Gasteiger partial charge in [0.25, 0.3) is 0 Å². The van der Waals surface area contributed by atoms with Gasteiger partial charge in [-0.2, -0.15) is 0 Å². The number of fused-ring (bicyclic) bond motifs is 10. The van der Waals surface area contributed by atoms with Crippen molar-refractivity contribution in [3.05, 3.63) is 0 Å². The van der Waals surface area contributed by atoms with Crippen LogP contribution in [0, 0.1) is 0 Å². The molecule has 0 amide bonds. The van der Waals surface area contributed by atoms with Crippen LogP contribution in [0.3, 0.4) is 0 Å². The van der Waals surface area contributed by atoms with Crippen LogP contribution in [0.1, 0.15) is 20.3 Å². The van der Waals surface area contributed by atoms with Crippen LogP contribution in [-0.4, -0.2) is 18.4 Å². The Balaban J connectivity index is 1.41. The molecule has 0 saturated carbocycles. The Morgan fingerprint density at radius 2 is 1.60 bits per heavy atom. The molecule has 0 radical (unpaired) electrons. The summed E-state index contributed by atoms with van der Waals surface area (Å²) in [5.41, 5.74) is 0. The number of ketones is 1. The molecule has 10 aliphatic heterocycles. The van der Waals surface area contributed by atoms with Crippen molar-refractivity contribution in [2.75, 3.05) is 6.61 Å². The normalized spacial score (nSPS) is 106. The second-order valence-corrected chi connectivity index (χ2v) is 34.8. The summed E-state index contributed by atoms with van der Waals surface area (Å²) in [7, 11) is 0. The van der Waals surface area contributed by atoms with E-state index < -0.39 is 6.51 Å². The predicted molar refractivity (Wildman–Crippen MR) is 67.3 cm³/mol. The SMILES string of the molecule is CCOC(=O)C[C]12[CH]3[CH]4[CH]5[CH]1[Fe]45321678[CH]2[CH]1[CH]6[C]7(C(C)=O)[CH]28. The monoisotopic (exact) mass is 314 g/mol. The van der Waals surface area contributed by atoms with Crippen molar-refractivity contribution in [3.63, 3.8) is 0 Å². The molecule has 20 heavy (non-hydrogen) atoms. The Hall–Kier alpha value is -0.341. The van der Waals surface area contributed by atoms with Gasteiger partial charge in [0.05, 0.1) is 0 Å². The van der Waals surface area contributed by atoms with Gasteiger partial charge >= 0.3 is 107 Å². The van der Waals surface area contributed by atoms with Gasteiger partial charge in [-0.3, -0.25) is 0 Å². The first kappa shape index (κ1) is 8.33. The number of hydrogen-bond donors (Lipinski definition) is 0. The van der Waals surface area contributed by atoms with E-state index in [0.717, 1.165) is 45.0 Å². The summed E-state index contributed by atoms with van der Waals surface area (Å²) in [4.78, 5) is 33.1. The molecule has 0 aliphatic carbocycles. The number of rotatable bonds is 4. The minimum atomic E-state index is -3.60. The van der Waals surface area contributed by atoms with Gasteiger partial charge in [-0.05, 0) is 0 Å². The first-order valence-electron chi connectivity index (χ1n) is 8.21. The third-order valence-corrected chi connectivity index (χ3v) is 59.8. The van der Waals surface area contributed by atoms with Crippen LogP contribution in [0.25, 0.3) is 0 Å². The topological polar surface area (TPSA) is 43.4 Å². The molecule has 0 N–H and O–H groups in total. The van der Waals surface area contributed by atoms with Crippen molar-refractivity contribution >= 4 is 11.8 Å². The summed E-state index contributed by atoms with van der Waals surface area (Å²) in [6.07, 6.45) is 0.743. The van der Waals surface area contributed by atoms with Crippen LogP contribution in [0.2, 0.25) is 47.2 Å². The van der Waals surface area contributed by atoms with Gasteiger partial charge in [-0.1, -0.05) is 0 Å². The molecule has 8 atom stereocenters. The Labute approximate surface area is 107 Å². The first-order chi connectivity index (χ1) is 9.33. The second kappa shape index (κ2) is 0.724. The summed E-state index contributed by atoms with van der Waals surface area (Å²) >= 11 is 0. The maximum atomic E-state index is 12.7. The van der Waals surface area contributed by atoms with E-state index in [0.29, 0.717) is 21.0 Å². The van der Waals surface area contributed by atoms with E-state index >= 15 is 0 Å². The van der Waals surface area contributed by atoms with Crippen LogP contribution in [-0.2, 0) is 20.8 Å². The number of carbonyl (C=O) groups is 2. The minimum absolute atomic E-state index is 0.0688. The molecule has 10 heterocycles. The van der Waals surface area contributed by atoms with Crippen molar-refractivity contribution in [1.82, 2.24) is 0 Å². The van der Waals surface area contributed by atoms with Gasteiger partial charge in [0.2, 0.25) is 0 Å². The zero-order valence-corrected chi connectivity index (χ0v) is 12.7. The summed E-state index contributed by atoms with van der Waals surface area (Å²) in [6.45, 7) is 0.739. The van der Waals surface area contributed by atoms with E-state index in [2.05, 4.69) is 0 Å². The second-order valence-electron chi connectivity index (χ2n) is 11.5. The van der Waals surface area contributed by atoms with Crippen LogP contribution >= 0.6 is 0 Å². The molecule has 10 fully saturated rings. The first-order valence-corrected chi connectivity index (χ1v) is 14.4. The summed E-state index contributed by atoms with van der Waals surface area (Å²) in [6, 6.07) is 0. The number of carbonyl (C=O) groups excluding carboxylic acids is 2. The standard InChI is InChI=1S/C9H11O2.C7H7O.Fe/c1-2-11-9(10)7-8-5-3-4-6-8;1-6(8)7-4-2-3-5-7;/h3-6H,2,7H2,1H3;2-5H,1H3;. The van der Waals surface area contributed by atoms with Gasteiger partial charge < -0.3 is 0 Å². The Morgan fingerprint density at radius 1 is 1.05 bits per heavy atom. The molecule has 10 saturated heterocycles. The summed E-state index contributed by atoms with van der Waals surface area (Å²) < 4.78 is 6.09. The van der Waals surface area contributed by atoms with E-state index in [1.165, 1.54) is 0 Å². The van der Waals surface area contributed by atoms with E-state index in [9.17, 15) is 9.59 Å². The van der Waals surface area contributed by atoms with Crippen LogP contribution in [0.4, 0.5) is 0 Å². The van der Waals surface area contributed by atoms with E-state index in [1.807, 2.05) is 13.8 Å². The van der Waals surface area contributed by atoms with E-state index in [1.54, 1.807) is 0 Å². The predicted octanol–water partition coefficient (Wildman–Crippen LogP) is 3.66. The van der Waals surface area contributed by atoms with E-state index in [4.69, 9.17) is 4.74 Å². The summed E-state index contributed by atoms with van der Waals surface area (Å²) in [5, 5.41) is 0. The van der Waals surface area contributed by atoms with Crippen LogP contribution in [0.5, 0.6) is 0 Å². The zero-order chi connectivity index (χ0) is 13.2. The number of ether oxygens (including phenoxy) is 1. The molecule has 10 rings (SSSR count). The Kier molecular flexibility index (Phi) is 0.302. The van der Waals surface area contributed by atoms with Gasteiger partial charge in [-0.25, -0.2) is 0 Å². The average molecular weight is 314 g/mol. The zero-order valence-electron chi connectivity index (χ0n) is 11.6. The molecular formula is C16H18FeO3. The number of hydrogen-bond acceptors (Lipinski definition) is 3. The van der Waals surface area contributed by atoms with Crippen molar-refractivity contribution in [3.8, 4) is 0 Å². The molecule has 4 heteroatoms. The molecule has 0 aromatic heterocycles. The van der Waals surface area contributed by atoms with E-state index in [-0.39, 0.29) is 5.97 Å². The molecule has 0 bridgehead atoms. The van der Waals surface area contributed by atoms with Gasteiger partial charge in [0, 0.05) is 0 Å². The fourth-order valence-corrected chi connectivity index (χ4v) is 96.0. The van der Waals surface area contributed by atoms with Crippen molar-refractivity contribution in [2.45, 2.75) is 67.4 Å². The Bertz CT molecular complexity index is 1140. The fraction of sp³-hybridized carbons (Fsp3) is 0.875. The maximum absolute atomic E-state index is 12.7. The molecular weight excluding hydrogens is 296 g/mol. The molecule has 1 spiro atoms.